The fourth-order valence-electron chi connectivity index (χ4n) is 3.08. The number of nitrogens with one attached hydrogen (secondary N) is 1. The van der Waals surface area contributed by atoms with Crippen LogP contribution >= 0.6 is 0 Å². The maximum Gasteiger partial charge on any atom is 0.209 e. The molecule has 1 saturated heterocycles. The van der Waals surface area contributed by atoms with E-state index in [0.29, 0.717) is 5.92 Å². The van der Waals surface area contributed by atoms with Crippen LogP contribution in [0, 0.1) is 5.92 Å². The largest absolute Gasteiger partial charge is 0.298 e. The Kier molecular flexibility index (Phi) is 6.17. The molecular weight excluding hydrogens is 296 g/mol. The number of likely N-dealkylation sites (tertiary alicyclic amines) is 1. The molecule has 2 rings (SSSR count). The standard InChI is InChI=1S/C17H26N2O2S/c1-3-8-16-13-19(14-17(16)18-22(2,20)21)12-7-11-15-9-5-4-6-10-15/h4-7,9-11,16-18H,3,8,12-14H2,1-2H3/b11-7+/t16-,17-/m1/s1. The molecule has 2 atom stereocenters. The number of sulfonamides is 1. The molecule has 0 spiro atoms. The summed E-state index contributed by atoms with van der Waals surface area (Å²) in [5, 5.41) is 0. The van der Waals surface area contributed by atoms with E-state index in [1.807, 2.05) is 18.2 Å². The molecular formula is C17H26N2O2S. The molecule has 0 bridgehead atoms. The number of nitrogens with zero attached hydrogens (tertiary/aromatic N) is 1. The van der Waals surface area contributed by atoms with Crippen LogP contribution in [0.2, 0.25) is 0 Å². The summed E-state index contributed by atoms with van der Waals surface area (Å²) < 4.78 is 25.8. The maximum atomic E-state index is 11.5. The fraction of sp³-hybridized carbons (Fsp3) is 0.529. The lowest BCUT2D eigenvalue weighted by Gasteiger charge is -2.17. The van der Waals surface area contributed by atoms with Gasteiger partial charge in [-0.05, 0) is 17.9 Å². The second-order valence-electron chi connectivity index (χ2n) is 6.08. The van der Waals surface area contributed by atoms with Gasteiger partial charge in [-0.25, -0.2) is 13.1 Å². The van der Waals surface area contributed by atoms with Crippen LogP contribution in [0.5, 0.6) is 0 Å². The van der Waals surface area contributed by atoms with Crippen LogP contribution in [0.3, 0.4) is 0 Å². The van der Waals surface area contributed by atoms with Gasteiger partial charge in [0.1, 0.15) is 0 Å². The highest BCUT2D eigenvalue weighted by molar-refractivity contribution is 7.88. The minimum Gasteiger partial charge on any atom is -0.298 e. The Morgan fingerprint density at radius 1 is 1.27 bits per heavy atom. The highest BCUT2D eigenvalue weighted by Crippen LogP contribution is 2.22. The molecule has 22 heavy (non-hydrogen) atoms. The van der Waals surface area contributed by atoms with Crippen molar-refractivity contribution in [3.63, 3.8) is 0 Å². The van der Waals surface area contributed by atoms with Gasteiger partial charge in [0.2, 0.25) is 10.0 Å². The van der Waals surface area contributed by atoms with Crippen molar-refractivity contribution in [2.24, 2.45) is 5.92 Å². The van der Waals surface area contributed by atoms with Crippen LogP contribution in [-0.4, -0.2) is 45.2 Å². The Morgan fingerprint density at radius 2 is 2.00 bits per heavy atom. The summed E-state index contributed by atoms with van der Waals surface area (Å²) in [6.45, 7) is 4.75. The lowest BCUT2D eigenvalue weighted by Crippen LogP contribution is -2.39. The first-order valence-corrected chi connectivity index (χ1v) is 9.78. The molecule has 1 aromatic carbocycles. The van der Waals surface area contributed by atoms with Crippen LogP contribution in [0.15, 0.2) is 36.4 Å². The molecule has 0 amide bonds. The van der Waals surface area contributed by atoms with E-state index in [0.717, 1.165) is 32.5 Å². The van der Waals surface area contributed by atoms with E-state index in [9.17, 15) is 8.42 Å². The van der Waals surface area contributed by atoms with Gasteiger partial charge in [-0.2, -0.15) is 0 Å². The monoisotopic (exact) mass is 322 g/mol. The van der Waals surface area contributed by atoms with Gasteiger partial charge in [-0.3, -0.25) is 4.90 Å². The lowest BCUT2D eigenvalue weighted by molar-refractivity contribution is 0.353. The SMILES string of the molecule is CCC[C@@H]1CN(C/C=C/c2ccccc2)C[C@H]1NS(C)(=O)=O. The molecule has 0 radical (unpaired) electrons. The summed E-state index contributed by atoms with van der Waals surface area (Å²) in [6, 6.07) is 10.3. The molecule has 1 aromatic rings. The third-order valence-corrected chi connectivity index (χ3v) is 4.75. The topological polar surface area (TPSA) is 49.4 Å². The molecule has 1 fully saturated rings. The first-order chi connectivity index (χ1) is 10.5. The second kappa shape index (κ2) is 7.90. The Hall–Kier alpha value is -1.17. The molecule has 5 heteroatoms. The number of hydrogen-bond donors (Lipinski definition) is 1. The van der Waals surface area contributed by atoms with Gasteiger partial charge < -0.3 is 0 Å². The molecule has 122 valence electrons. The average Bonchev–Trinajstić information content (AvgIpc) is 2.80. The number of rotatable bonds is 7. The van der Waals surface area contributed by atoms with Gasteiger partial charge >= 0.3 is 0 Å². The molecule has 0 aliphatic carbocycles. The first-order valence-electron chi connectivity index (χ1n) is 7.89. The maximum absolute atomic E-state index is 11.5. The predicted octanol–water partition coefficient (Wildman–Crippen LogP) is 2.35. The minimum atomic E-state index is -3.14. The van der Waals surface area contributed by atoms with E-state index in [1.54, 1.807) is 0 Å². The normalized spacial score (nSPS) is 23.4. The van der Waals surface area contributed by atoms with Gasteiger partial charge in [0.15, 0.2) is 0 Å². The smallest absolute Gasteiger partial charge is 0.209 e. The van der Waals surface area contributed by atoms with Gasteiger partial charge in [-0.1, -0.05) is 55.8 Å². The molecule has 0 saturated carbocycles. The van der Waals surface area contributed by atoms with Gasteiger partial charge in [0, 0.05) is 25.7 Å². The lowest BCUT2D eigenvalue weighted by atomic mass is 9.99. The summed E-state index contributed by atoms with van der Waals surface area (Å²) >= 11 is 0. The van der Waals surface area contributed by atoms with E-state index < -0.39 is 10.0 Å². The van der Waals surface area contributed by atoms with E-state index in [2.05, 4.69) is 40.8 Å². The van der Waals surface area contributed by atoms with E-state index in [4.69, 9.17) is 0 Å². The quantitative estimate of drug-likeness (QED) is 0.838. The summed E-state index contributed by atoms with van der Waals surface area (Å²) in [6.07, 6.45) is 7.66. The predicted molar refractivity (Wildman–Crippen MR) is 92.1 cm³/mol. The summed E-state index contributed by atoms with van der Waals surface area (Å²) in [5.74, 6) is 0.407. The molecule has 1 heterocycles. The summed E-state index contributed by atoms with van der Waals surface area (Å²) in [5.41, 5.74) is 1.19. The zero-order chi connectivity index (χ0) is 16.0. The van der Waals surface area contributed by atoms with Crippen LogP contribution in [0.1, 0.15) is 25.3 Å². The minimum absolute atomic E-state index is 0.0417. The van der Waals surface area contributed by atoms with Crippen molar-refractivity contribution in [2.75, 3.05) is 25.9 Å². The molecule has 1 aliphatic heterocycles. The van der Waals surface area contributed by atoms with Crippen molar-refractivity contribution < 1.29 is 8.42 Å². The van der Waals surface area contributed by atoms with E-state index in [-0.39, 0.29) is 6.04 Å². The highest BCUT2D eigenvalue weighted by atomic mass is 32.2. The zero-order valence-electron chi connectivity index (χ0n) is 13.4. The second-order valence-corrected chi connectivity index (χ2v) is 7.86. The van der Waals surface area contributed by atoms with Crippen LogP contribution in [0.4, 0.5) is 0 Å². The van der Waals surface area contributed by atoms with Crippen molar-refractivity contribution in [2.45, 2.75) is 25.8 Å². The van der Waals surface area contributed by atoms with Crippen LogP contribution < -0.4 is 4.72 Å². The van der Waals surface area contributed by atoms with Gasteiger partial charge in [-0.15, -0.1) is 0 Å². The van der Waals surface area contributed by atoms with Crippen LogP contribution in [-0.2, 0) is 10.0 Å². The van der Waals surface area contributed by atoms with Crippen molar-refractivity contribution in [1.29, 1.82) is 0 Å². The highest BCUT2D eigenvalue weighted by Gasteiger charge is 2.33. The van der Waals surface area contributed by atoms with Crippen molar-refractivity contribution in [3.05, 3.63) is 42.0 Å². The third-order valence-electron chi connectivity index (χ3n) is 4.02. The van der Waals surface area contributed by atoms with E-state index >= 15 is 0 Å². The first kappa shape index (κ1) is 17.2. The van der Waals surface area contributed by atoms with Crippen molar-refractivity contribution in [1.82, 2.24) is 9.62 Å². The van der Waals surface area contributed by atoms with Crippen molar-refractivity contribution >= 4 is 16.1 Å². The Bertz CT molecular complexity index is 584. The van der Waals surface area contributed by atoms with Crippen LogP contribution in [0.25, 0.3) is 6.08 Å². The average molecular weight is 322 g/mol. The number of benzene rings is 1. The molecule has 1 aliphatic rings. The molecule has 0 unspecified atom stereocenters. The summed E-state index contributed by atoms with van der Waals surface area (Å²) in [4.78, 5) is 2.32. The molecule has 1 N–H and O–H groups in total. The summed E-state index contributed by atoms with van der Waals surface area (Å²) in [7, 11) is -3.14. The Balaban J connectivity index is 1.91. The van der Waals surface area contributed by atoms with Gasteiger partial charge in [0.05, 0.1) is 6.26 Å². The van der Waals surface area contributed by atoms with Crippen molar-refractivity contribution in [3.8, 4) is 0 Å². The van der Waals surface area contributed by atoms with E-state index in [1.165, 1.54) is 11.8 Å². The Morgan fingerprint density at radius 3 is 2.64 bits per heavy atom. The molecule has 0 aromatic heterocycles. The Labute approximate surface area is 134 Å². The fourth-order valence-corrected chi connectivity index (χ4v) is 3.90. The number of hydrogen-bond acceptors (Lipinski definition) is 3. The molecule has 4 nitrogen and oxygen atoms in total. The third kappa shape index (κ3) is 5.55. The van der Waals surface area contributed by atoms with Gasteiger partial charge in [0.25, 0.3) is 0 Å². The zero-order valence-corrected chi connectivity index (χ0v) is 14.2.